The summed E-state index contributed by atoms with van der Waals surface area (Å²) < 4.78 is 10.2. The first-order chi connectivity index (χ1) is 12.3. The third kappa shape index (κ3) is 21.2. The van der Waals surface area contributed by atoms with Crippen LogP contribution >= 0.6 is 0 Å². The van der Waals surface area contributed by atoms with Crippen molar-refractivity contribution in [3.8, 4) is 0 Å². The van der Waals surface area contributed by atoms with Gasteiger partial charge in [0.2, 0.25) is 0 Å². The van der Waals surface area contributed by atoms with Gasteiger partial charge in [0.25, 0.3) is 0 Å². The average Bonchev–Trinajstić information content (AvgIpc) is 2.62. The van der Waals surface area contributed by atoms with Crippen molar-refractivity contribution in [1.82, 2.24) is 0 Å². The fourth-order valence-electron chi connectivity index (χ4n) is 3.00. The van der Waals surface area contributed by atoms with Crippen molar-refractivity contribution in [2.24, 2.45) is 0 Å². The van der Waals surface area contributed by atoms with Crippen LogP contribution in [0.1, 0.15) is 123 Å². The van der Waals surface area contributed by atoms with Crippen molar-refractivity contribution in [1.29, 1.82) is 0 Å². The molecule has 0 aliphatic heterocycles. The first kappa shape index (κ1) is 24.3. The van der Waals surface area contributed by atoms with Gasteiger partial charge in [-0.25, -0.2) is 4.79 Å². The van der Waals surface area contributed by atoms with E-state index in [1.54, 1.807) is 0 Å². The number of ether oxygens (including phenoxy) is 2. The average molecular weight is 357 g/mol. The zero-order valence-electron chi connectivity index (χ0n) is 17.2. The number of hydrogen-bond donors (Lipinski definition) is 0. The van der Waals surface area contributed by atoms with Crippen LogP contribution in [0.25, 0.3) is 0 Å². The largest absolute Gasteiger partial charge is 0.508 e. The second kappa shape index (κ2) is 21.3. The summed E-state index contributed by atoms with van der Waals surface area (Å²) in [5.74, 6) is 0. The monoisotopic (exact) mass is 356 g/mol. The Bertz CT molecular complexity index is 266. The van der Waals surface area contributed by atoms with Crippen molar-refractivity contribution in [2.45, 2.75) is 123 Å². The smallest absolute Gasteiger partial charge is 0.434 e. The topological polar surface area (TPSA) is 35.5 Å². The lowest BCUT2D eigenvalue weighted by Gasteiger charge is -2.06. The molecule has 0 saturated heterocycles. The molecule has 0 aromatic rings. The number of rotatable bonds is 19. The lowest BCUT2D eigenvalue weighted by Crippen LogP contribution is -2.09. The molecule has 0 spiro atoms. The van der Waals surface area contributed by atoms with E-state index in [-0.39, 0.29) is 0 Å². The molecule has 3 nitrogen and oxygen atoms in total. The highest BCUT2D eigenvalue weighted by molar-refractivity contribution is 5.59. The molecule has 25 heavy (non-hydrogen) atoms. The van der Waals surface area contributed by atoms with Crippen LogP contribution in [0.3, 0.4) is 0 Å². The van der Waals surface area contributed by atoms with E-state index < -0.39 is 6.16 Å². The van der Waals surface area contributed by atoms with Gasteiger partial charge in [-0.05, 0) is 12.8 Å². The van der Waals surface area contributed by atoms with Crippen molar-refractivity contribution in [3.05, 3.63) is 0 Å². The molecule has 0 heterocycles. The van der Waals surface area contributed by atoms with Crippen LogP contribution in [0.4, 0.5) is 4.79 Å². The maximum atomic E-state index is 11.4. The van der Waals surface area contributed by atoms with Crippen LogP contribution in [0, 0.1) is 0 Å². The molecule has 0 amide bonds. The number of carbonyl (C=O) groups is 1. The molecule has 0 rings (SSSR count). The Hall–Kier alpha value is -0.730. The lowest BCUT2D eigenvalue weighted by molar-refractivity contribution is 0.0529. The zero-order chi connectivity index (χ0) is 18.4. The van der Waals surface area contributed by atoms with Crippen molar-refractivity contribution < 1.29 is 14.3 Å². The summed E-state index contributed by atoms with van der Waals surface area (Å²) in [6.07, 6.45) is 21.0. The summed E-state index contributed by atoms with van der Waals surface area (Å²) in [4.78, 5) is 11.4. The molecule has 0 atom stereocenters. The Kier molecular flexibility index (Phi) is 20.7. The second-order valence-electron chi connectivity index (χ2n) is 7.25. The van der Waals surface area contributed by atoms with Crippen molar-refractivity contribution in [3.63, 3.8) is 0 Å². The van der Waals surface area contributed by atoms with E-state index in [1.165, 1.54) is 83.5 Å². The van der Waals surface area contributed by atoms with E-state index in [9.17, 15) is 4.79 Å². The van der Waals surface area contributed by atoms with Crippen LogP contribution in [-0.2, 0) is 9.47 Å². The fraction of sp³-hybridized carbons (Fsp3) is 0.955. The van der Waals surface area contributed by atoms with Gasteiger partial charge >= 0.3 is 6.16 Å². The molecule has 0 fully saturated rings. The first-order valence-corrected chi connectivity index (χ1v) is 11.1. The molecule has 3 heteroatoms. The molecule has 0 radical (unpaired) electrons. The van der Waals surface area contributed by atoms with E-state index in [0.717, 1.165) is 25.7 Å². The maximum absolute atomic E-state index is 11.4. The van der Waals surface area contributed by atoms with E-state index in [2.05, 4.69) is 13.8 Å². The van der Waals surface area contributed by atoms with Crippen molar-refractivity contribution >= 4 is 6.16 Å². The van der Waals surface area contributed by atoms with Crippen molar-refractivity contribution in [2.75, 3.05) is 13.2 Å². The predicted molar refractivity (Wildman–Crippen MR) is 107 cm³/mol. The molecule has 0 unspecified atom stereocenters. The Balaban J connectivity index is 3.13. The van der Waals surface area contributed by atoms with Crippen LogP contribution in [0.5, 0.6) is 0 Å². The third-order valence-electron chi connectivity index (χ3n) is 4.69. The van der Waals surface area contributed by atoms with Gasteiger partial charge in [-0.15, -0.1) is 0 Å². The second-order valence-corrected chi connectivity index (χ2v) is 7.25. The number of unbranched alkanes of at least 4 members (excludes halogenated alkanes) is 15. The molecule has 0 aromatic carbocycles. The molecule has 0 aliphatic rings. The van der Waals surface area contributed by atoms with Crippen LogP contribution < -0.4 is 0 Å². The standard InChI is InChI=1S/C22H44O3/c1-3-5-7-9-11-12-13-15-17-19-21-25-22(23)24-20-18-16-14-10-8-6-4-2/h3-21H2,1-2H3. The van der Waals surface area contributed by atoms with E-state index >= 15 is 0 Å². The van der Waals surface area contributed by atoms with E-state index in [4.69, 9.17) is 9.47 Å². The van der Waals surface area contributed by atoms with Gasteiger partial charge in [-0.1, -0.05) is 110 Å². The van der Waals surface area contributed by atoms with E-state index in [0.29, 0.717) is 13.2 Å². The van der Waals surface area contributed by atoms with Crippen LogP contribution in [0.15, 0.2) is 0 Å². The highest BCUT2D eigenvalue weighted by atomic mass is 16.7. The molecular formula is C22H44O3. The molecule has 0 aliphatic carbocycles. The summed E-state index contributed by atoms with van der Waals surface area (Å²) in [5.41, 5.74) is 0. The van der Waals surface area contributed by atoms with Gasteiger partial charge in [0.05, 0.1) is 13.2 Å². The number of carbonyl (C=O) groups excluding carboxylic acids is 1. The quantitative estimate of drug-likeness (QED) is 0.175. The normalized spacial score (nSPS) is 10.8. The molecular weight excluding hydrogens is 312 g/mol. The van der Waals surface area contributed by atoms with Gasteiger partial charge in [0.1, 0.15) is 0 Å². The Morgan fingerprint density at radius 1 is 0.480 bits per heavy atom. The summed E-state index contributed by atoms with van der Waals surface area (Å²) in [6.45, 7) is 5.50. The van der Waals surface area contributed by atoms with Gasteiger partial charge in [0.15, 0.2) is 0 Å². The fourth-order valence-corrected chi connectivity index (χ4v) is 3.00. The molecule has 0 N–H and O–H groups in total. The van der Waals surface area contributed by atoms with E-state index in [1.807, 2.05) is 0 Å². The third-order valence-corrected chi connectivity index (χ3v) is 4.69. The molecule has 0 saturated carbocycles. The minimum absolute atomic E-state index is 0.484. The Morgan fingerprint density at radius 2 is 0.760 bits per heavy atom. The summed E-state index contributed by atoms with van der Waals surface area (Å²) in [5, 5.41) is 0. The molecule has 150 valence electrons. The minimum atomic E-state index is -0.484. The molecule has 0 aromatic heterocycles. The summed E-state index contributed by atoms with van der Waals surface area (Å²) >= 11 is 0. The van der Waals surface area contributed by atoms with Crippen LogP contribution in [0.2, 0.25) is 0 Å². The highest BCUT2D eigenvalue weighted by Gasteiger charge is 2.03. The SMILES string of the molecule is CCCCCCCCCCCCOC(=O)OCCCCCCCCC. The Morgan fingerprint density at radius 3 is 1.08 bits per heavy atom. The molecule has 0 bridgehead atoms. The summed E-state index contributed by atoms with van der Waals surface area (Å²) in [7, 11) is 0. The Labute approximate surface area is 157 Å². The zero-order valence-corrected chi connectivity index (χ0v) is 17.2. The van der Waals surface area contributed by atoms with Gasteiger partial charge in [-0.2, -0.15) is 0 Å². The highest BCUT2D eigenvalue weighted by Crippen LogP contribution is 2.10. The lowest BCUT2D eigenvalue weighted by atomic mass is 10.1. The van der Waals surface area contributed by atoms with Gasteiger partial charge in [-0.3, -0.25) is 0 Å². The van der Waals surface area contributed by atoms with Crippen LogP contribution in [-0.4, -0.2) is 19.4 Å². The summed E-state index contributed by atoms with van der Waals surface area (Å²) in [6, 6.07) is 0. The number of hydrogen-bond acceptors (Lipinski definition) is 3. The first-order valence-electron chi connectivity index (χ1n) is 11.1. The maximum Gasteiger partial charge on any atom is 0.508 e. The van der Waals surface area contributed by atoms with Gasteiger partial charge in [0, 0.05) is 0 Å². The van der Waals surface area contributed by atoms with Gasteiger partial charge < -0.3 is 9.47 Å². The predicted octanol–water partition coefficient (Wildman–Crippen LogP) is 7.81. The minimum Gasteiger partial charge on any atom is -0.434 e.